The highest BCUT2D eigenvalue weighted by Crippen LogP contribution is 2.31. The third-order valence-electron chi connectivity index (χ3n) is 6.81. The lowest BCUT2D eigenvalue weighted by molar-refractivity contribution is 0.0781. The molecule has 4 nitrogen and oxygen atoms in total. The minimum absolute atomic E-state index is 0. The van der Waals surface area contributed by atoms with Crippen LogP contribution in [-0.2, 0) is 0 Å². The van der Waals surface area contributed by atoms with Crippen molar-refractivity contribution in [2.24, 2.45) is 0 Å². The van der Waals surface area contributed by atoms with Crippen molar-refractivity contribution in [1.82, 2.24) is 14.8 Å². The molecule has 35 heavy (non-hydrogen) atoms. The highest BCUT2D eigenvalue weighted by Gasteiger charge is 2.24. The van der Waals surface area contributed by atoms with Gasteiger partial charge in [-0.2, -0.15) is 0 Å². The molecule has 1 aromatic heterocycles. The van der Waals surface area contributed by atoms with Crippen LogP contribution in [0.25, 0.3) is 0 Å². The van der Waals surface area contributed by atoms with Crippen molar-refractivity contribution in [1.29, 1.82) is 0 Å². The minimum atomic E-state index is 0. The number of pyridine rings is 1. The van der Waals surface area contributed by atoms with Crippen LogP contribution in [0.2, 0.25) is 10.0 Å². The van der Waals surface area contributed by atoms with E-state index < -0.39 is 0 Å². The summed E-state index contributed by atoms with van der Waals surface area (Å²) in [4.78, 5) is 21.6. The van der Waals surface area contributed by atoms with E-state index in [-0.39, 0.29) is 24.2 Å². The summed E-state index contributed by atoms with van der Waals surface area (Å²) < 4.78 is 0. The molecular weight excluding hydrogens is 501 g/mol. The first-order valence-electron chi connectivity index (χ1n) is 11.9. The van der Waals surface area contributed by atoms with Crippen LogP contribution >= 0.6 is 35.6 Å². The third-order valence-corrected chi connectivity index (χ3v) is 7.55. The van der Waals surface area contributed by atoms with E-state index >= 15 is 0 Å². The molecule has 3 aromatic rings. The lowest BCUT2D eigenvalue weighted by atomic mass is 9.89. The fraction of sp³-hybridized carbons (Fsp3) is 0.357. The Morgan fingerprint density at radius 3 is 2.46 bits per heavy atom. The fourth-order valence-electron chi connectivity index (χ4n) is 4.79. The van der Waals surface area contributed by atoms with Gasteiger partial charge in [0.1, 0.15) is 0 Å². The standard InChI is InChI=1S/C28H31Cl2N3O.ClH/c1-32(28(34)22-6-3-2-4-7-22)20-25(23-9-10-26(29)27(30)18-23)13-17-33-15-11-21(12-16-33)24-8-5-14-31-19-24;/h2-10,14,18-19,21,25H,11-13,15-17,20H2,1H3;1H/t25-;/m1./s1. The molecule has 0 radical (unpaired) electrons. The molecule has 0 N–H and O–H groups in total. The molecule has 0 saturated carbocycles. The van der Waals surface area contributed by atoms with Crippen LogP contribution < -0.4 is 0 Å². The predicted molar refractivity (Wildman–Crippen MR) is 147 cm³/mol. The Balaban J connectivity index is 0.00000342. The number of halogens is 3. The van der Waals surface area contributed by atoms with Gasteiger partial charge in [0, 0.05) is 37.5 Å². The first-order valence-corrected chi connectivity index (χ1v) is 12.6. The fourth-order valence-corrected chi connectivity index (χ4v) is 5.10. The molecule has 0 unspecified atom stereocenters. The first kappa shape index (κ1) is 27.5. The predicted octanol–water partition coefficient (Wildman–Crippen LogP) is 6.94. The molecule has 1 atom stereocenters. The van der Waals surface area contributed by atoms with E-state index in [1.807, 2.05) is 78.9 Å². The molecule has 0 aliphatic carbocycles. The zero-order valence-electron chi connectivity index (χ0n) is 19.9. The number of amides is 1. The number of carbonyl (C=O) groups excluding carboxylic acids is 1. The Morgan fingerprint density at radius 1 is 1.06 bits per heavy atom. The molecule has 4 rings (SSSR count). The number of hydrogen-bond acceptors (Lipinski definition) is 3. The van der Waals surface area contributed by atoms with E-state index in [4.69, 9.17) is 23.2 Å². The SMILES string of the molecule is CN(C[C@@H](CCN1CCC(c2cccnc2)CC1)c1ccc(Cl)c(Cl)c1)C(=O)c1ccccc1.Cl. The van der Waals surface area contributed by atoms with Gasteiger partial charge < -0.3 is 9.80 Å². The number of carbonyl (C=O) groups is 1. The van der Waals surface area contributed by atoms with Gasteiger partial charge in [0.2, 0.25) is 0 Å². The molecule has 2 aromatic carbocycles. The lowest BCUT2D eigenvalue weighted by Gasteiger charge is -2.33. The van der Waals surface area contributed by atoms with Gasteiger partial charge in [-0.25, -0.2) is 0 Å². The maximum Gasteiger partial charge on any atom is 0.253 e. The molecule has 1 amide bonds. The largest absolute Gasteiger partial charge is 0.341 e. The Kier molecular flexibility index (Phi) is 10.4. The van der Waals surface area contributed by atoms with Gasteiger partial charge >= 0.3 is 0 Å². The number of likely N-dealkylation sites (tertiary alicyclic amines) is 1. The van der Waals surface area contributed by atoms with Crippen molar-refractivity contribution in [2.45, 2.75) is 31.1 Å². The number of piperidine rings is 1. The number of rotatable bonds is 8. The summed E-state index contributed by atoms with van der Waals surface area (Å²) in [6.45, 7) is 3.76. The van der Waals surface area contributed by atoms with Gasteiger partial charge in [0.15, 0.2) is 0 Å². The van der Waals surface area contributed by atoms with Crippen molar-refractivity contribution < 1.29 is 4.79 Å². The van der Waals surface area contributed by atoms with Crippen LogP contribution in [0.3, 0.4) is 0 Å². The molecule has 0 bridgehead atoms. The number of benzene rings is 2. The van der Waals surface area contributed by atoms with Crippen molar-refractivity contribution >= 4 is 41.5 Å². The minimum Gasteiger partial charge on any atom is -0.341 e. The number of likely N-dealkylation sites (N-methyl/N-ethyl adjacent to an activating group) is 1. The molecular formula is C28H32Cl3N3O. The number of aromatic nitrogens is 1. The summed E-state index contributed by atoms with van der Waals surface area (Å²) in [6, 6.07) is 19.5. The van der Waals surface area contributed by atoms with E-state index in [2.05, 4.69) is 16.0 Å². The van der Waals surface area contributed by atoms with Gasteiger partial charge in [-0.1, -0.05) is 53.5 Å². The van der Waals surface area contributed by atoms with Gasteiger partial charge in [-0.3, -0.25) is 9.78 Å². The number of hydrogen-bond donors (Lipinski definition) is 0. The molecule has 1 saturated heterocycles. The second kappa shape index (κ2) is 13.3. The van der Waals surface area contributed by atoms with E-state index in [1.54, 1.807) is 0 Å². The molecule has 186 valence electrons. The maximum atomic E-state index is 13.0. The zero-order chi connectivity index (χ0) is 23.9. The average Bonchev–Trinajstić information content (AvgIpc) is 2.89. The third kappa shape index (κ3) is 7.44. The molecule has 0 spiro atoms. The van der Waals surface area contributed by atoms with Crippen LogP contribution in [0.15, 0.2) is 73.1 Å². The number of nitrogens with zero attached hydrogens (tertiary/aromatic N) is 3. The Hall–Kier alpha value is -2.11. The van der Waals surface area contributed by atoms with Crippen LogP contribution in [-0.4, -0.2) is 53.9 Å². The quantitative estimate of drug-likeness (QED) is 0.315. The molecule has 1 aliphatic rings. The normalized spacial score (nSPS) is 15.3. The average molecular weight is 533 g/mol. The molecule has 1 aliphatic heterocycles. The summed E-state index contributed by atoms with van der Waals surface area (Å²) in [5.74, 6) is 0.789. The van der Waals surface area contributed by atoms with Gasteiger partial charge in [0.05, 0.1) is 10.0 Å². The topological polar surface area (TPSA) is 36.4 Å². The molecule has 2 heterocycles. The second-order valence-electron chi connectivity index (χ2n) is 9.11. The lowest BCUT2D eigenvalue weighted by Crippen LogP contribution is -2.36. The van der Waals surface area contributed by atoms with Gasteiger partial charge in [0.25, 0.3) is 5.91 Å². The second-order valence-corrected chi connectivity index (χ2v) is 9.93. The monoisotopic (exact) mass is 531 g/mol. The first-order chi connectivity index (χ1) is 16.5. The van der Waals surface area contributed by atoms with Crippen LogP contribution in [0.1, 0.15) is 52.6 Å². The van der Waals surface area contributed by atoms with Crippen LogP contribution in [0.4, 0.5) is 0 Å². The smallest absolute Gasteiger partial charge is 0.253 e. The summed E-state index contributed by atoms with van der Waals surface area (Å²) in [5, 5.41) is 1.11. The summed E-state index contributed by atoms with van der Waals surface area (Å²) in [5.41, 5.74) is 3.17. The summed E-state index contributed by atoms with van der Waals surface area (Å²) in [7, 11) is 1.87. The zero-order valence-corrected chi connectivity index (χ0v) is 22.3. The van der Waals surface area contributed by atoms with Crippen molar-refractivity contribution in [3.8, 4) is 0 Å². The Bertz CT molecular complexity index is 1070. The summed E-state index contributed by atoms with van der Waals surface area (Å²) in [6.07, 6.45) is 7.08. The Morgan fingerprint density at radius 2 is 1.80 bits per heavy atom. The van der Waals surface area contributed by atoms with Crippen LogP contribution in [0.5, 0.6) is 0 Å². The van der Waals surface area contributed by atoms with E-state index in [0.717, 1.165) is 44.5 Å². The van der Waals surface area contributed by atoms with Crippen molar-refractivity contribution in [3.63, 3.8) is 0 Å². The van der Waals surface area contributed by atoms with E-state index in [0.29, 0.717) is 28.1 Å². The Labute approximate surface area is 224 Å². The highest BCUT2D eigenvalue weighted by atomic mass is 35.5. The van der Waals surface area contributed by atoms with Crippen molar-refractivity contribution in [3.05, 3.63) is 99.8 Å². The van der Waals surface area contributed by atoms with Gasteiger partial charge in [-0.05, 0) is 86.3 Å². The van der Waals surface area contributed by atoms with E-state index in [9.17, 15) is 4.79 Å². The van der Waals surface area contributed by atoms with Gasteiger partial charge in [-0.15, -0.1) is 12.4 Å². The maximum absolute atomic E-state index is 13.0. The summed E-state index contributed by atoms with van der Waals surface area (Å²) >= 11 is 12.5. The molecule has 7 heteroatoms. The van der Waals surface area contributed by atoms with Crippen LogP contribution in [0, 0.1) is 0 Å². The highest BCUT2D eigenvalue weighted by molar-refractivity contribution is 6.42. The molecule has 1 fully saturated rings. The van der Waals surface area contributed by atoms with E-state index in [1.165, 1.54) is 5.56 Å². The van der Waals surface area contributed by atoms with Crippen molar-refractivity contribution in [2.75, 3.05) is 33.2 Å².